The highest BCUT2D eigenvalue weighted by Gasteiger charge is 2.39. The van der Waals surface area contributed by atoms with Gasteiger partial charge < -0.3 is 10.2 Å². The zero-order chi connectivity index (χ0) is 15.6. The molecule has 1 saturated carbocycles. The second-order valence-corrected chi connectivity index (χ2v) is 9.05. The van der Waals surface area contributed by atoms with Crippen LogP contribution in [0.2, 0.25) is 0 Å². The topological polar surface area (TPSA) is 69.7 Å². The van der Waals surface area contributed by atoms with Crippen LogP contribution in [0.3, 0.4) is 0 Å². The van der Waals surface area contributed by atoms with Crippen LogP contribution in [0.15, 0.2) is 0 Å². The van der Waals surface area contributed by atoms with Crippen LogP contribution >= 0.6 is 24.8 Å². The highest BCUT2D eigenvalue weighted by Crippen LogP contribution is 2.29. The Morgan fingerprint density at radius 3 is 2.21 bits per heavy atom. The predicted molar refractivity (Wildman–Crippen MR) is 100.0 cm³/mol. The molecular formula is C15H29Cl2N3O3S. The zero-order valence-electron chi connectivity index (χ0n) is 14.0. The van der Waals surface area contributed by atoms with Crippen molar-refractivity contribution in [1.29, 1.82) is 0 Å². The summed E-state index contributed by atoms with van der Waals surface area (Å²) in [6.07, 6.45) is 4.99. The maximum Gasteiger partial charge on any atom is 0.237 e. The first-order chi connectivity index (χ1) is 10.6. The number of amides is 1. The van der Waals surface area contributed by atoms with E-state index in [0.717, 1.165) is 51.9 Å². The number of carbonyl (C=O) groups excluding carboxylic acids is 1. The first-order valence-corrected chi connectivity index (χ1v) is 10.3. The molecule has 24 heavy (non-hydrogen) atoms. The van der Waals surface area contributed by atoms with Crippen LogP contribution in [0.4, 0.5) is 0 Å². The van der Waals surface area contributed by atoms with Gasteiger partial charge in [-0.05, 0) is 19.3 Å². The second kappa shape index (κ2) is 9.57. The van der Waals surface area contributed by atoms with E-state index in [9.17, 15) is 13.2 Å². The van der Waals surface area contributed by atoms with Crippen molar-refractivity contribution < 1.29 is 13.2 Å². The van der Waals surface area contributed by atoms with Gasteiger partial charge in [-0.25, -0.2) is 8.42 Å². The number of sulfone groups is 1. The van der Waals surface area contributed by atoms with E-state index in [1.54, 1.807) is 0 Å². The lowest BCUT2D eigenvalue weighted by Gasteiger charge is -2.36. The molecule has 2 saturated heterocycles. The normalized spacial score (nSPS) is 27.2. The van der Waals surface area contributed by atoms with E-state index in [2.05, 4.69) is 10.2 Å². The van der Waals surface area contributed by atoms with Gasteiger partial charge in [0.25, 0.3) is 0 Å². The Kier molecular flexibility index (Phi) is 8.76. The molecule has 9 heteroatoms. The fraction of sp³-hybridized carbons (Fsp3) is 0.933. The Labute approximate surface area is 157 Å². The van der Waals surface area contributed by atoms with Gasteiger partial charge in [0.1, 0.15) is 0 Å². The van der Waals surface area contributed by atoms with Gasteiger partial charge >= 0.3 is 0 Å². The highest BCUT2D eigenvalue weighted by molar-refractivity contribution is 7.91. The molecule has 2 aliphatic heterocycles. The summed E-state index contributed by atoms with van der Waals surface area (Å²) in [6.45, 7) is 4.08. The van der Waals surface area contributed by atoms with Gasteiger partial charge in [-0.15, -0.1) is 24.8 Å². The van der Waals surface area contributed by atoms with Gasteiger partial charge in [-0.3, -0.25) is 9.69 Å². The molecule has 3 fully saturated rings. The van der Waals surface area contributed by atoms with Gasteiger partial charge in [-0.1, -0.05) is 12.8 Å². The third kappa shape index (κ3) is 5.46. The Morgan fingerprint density at radius 1 is 1.04 bits per heavy atom. The Bertz CT molecular complexity index is 506. The first kappa shape index (κ1) is 22.0. The molecule has 3 aliphatic rings. The van der Waals surface area contributed by atoms with Gasteiger partial charge in [-0.2, -0.15) is 0 Å². The van der Waals surface area contributed by atoms with E-state index in [1.165, 1.54) is 0 Å². The summed E-state index contributed by atoms with van der Waals surface area (Å²) in [5, 5.41) is 3.29. The minimum atomic E-state index is -2.95. The van der Waals surface area contributed by atoms with Crippen molar-refractivity contribution in [2.45, 2.75) is 44.2 Å². The van der Waals surface area contributed by atoms with Gasteiger partial charge in [0.2, 0.25) is 5.91 Å². The number of hydrogen-bond donors (Lipinski definition) is 1. The lowest BCUT2D eigenvalue weighted by atomic mass is 10.1. The molecule has 0 bridgehead atoms. The smallest absolute Gasteiger partial charge is 0.237 e. The van der Waals surface area contributed by atoms with E-state index in [4.69, 9.17) is 0 Å². The lowest BCUT2D eigenvalue weighted by molar-refractivity contribution is -0.137. The third-order valence-corrected chi connectivity index (χ3v) is 6.93. The molecule has 0 aromatic heterocycles. The molecule has 0 radical (unpaired) electrons. The minimum absolute atomic E-state index is 0. The predicted octanol–water partition coefficient (Wildman–Crippen LogP) is 0.694. The molecule has 1 N–H and O–H groups in total. The molecule has 6 nitrogen and oxygen atoms in total. The number of nitrogens with zero attached hydrogens (tertiary/aromatic N) is 2. The van der Waals surface area contributed by atoms with E-state index in [1.807, 2.05) is 4.90 Å². The highest BCUT2D eigenvalue weighted by atomic mass is 35.5. The van der Waals surface area contributed by atoms with Crippen LogP contribution in [-0.2, 0) is 14.6 Å². The summed E-state index contributed by atoms with van der Waals surface area (Å²) in [5.41, 5.74) is 0. The van der Waals surface area contributed by atoms with Gasteiger partial charge in [0.15, 0.2) is 9.84 Å². The van der Waals surface area contributed by atoms with Crippen LogP contribution in [-0.4, -0.2) is 80.4 Å². The summed E-state index contributed by atoms with van der Waals surface area (Å²) >= 11 is 0. The maximum absolute atomic E-state index is 12.9. The Hall–Kier alpha value is -0.0800. The van der Waals surface area contributed by atoms with Crippen molar-refractivity contribution in [2.24, 2.45) is 0 Å². The number of piperazine rings is 1. The molecule has 0 aromatic rings. The molecule has 0 aromatic carbocycles. The average Bonchev–Trinajstić information content (AvgIpc) is 3.11. The largest absolute Gasteiger partial charge is 0.335 e. The molecule has 2 heterocycles. The molecule has 1 aliphatic carbocycles. The number of nitrogens with one attached hydrogen (secondary N) is 1. The molecule has 3 rings (SSSR count). The molecule has 0 spiro atoms. The summed E-state index contributed by atoms with van der Waals surface area (Å²) in [5.74, 6) is 0.536. The van der Waals surface area contributed by atoms with Crippen molar-refractivity contribution in [2.75, 3.05) is 44.2 Å². The van der Waals surface area contributed by atoms with Crippen molar-refractivity contribution >= 4 is 40.6 Å². The van der Waals surface area contributed by atoms with E-state index >= 15 is 0 Å². The van der Waals surface area contributed by atoms with Crippen LogP contribution in [0.25, 0.3) is 0 Å². The Balaban J connectivity index is 0.00000144. The van der Waals surface area contributed by atoms with E-state index in [0.29, 0.717) is 13.0 Å². The fourth-order valence-corrected chi connectivity index (χ4v) is 5.74. The van der Waals surface area contributed by atoms with Gasteiger partial charge in [0.05, 0.1) is 18.1 Å². The molecule has 1 amide bonds. The number of carbonyl (C=O) groups is 1. The first-order valence-electron chi connectivity index (χ1n) is 8.50. The van der Waals surface area contributed by atoms with Crippen LogP contribution in [0.5, 0.6) is 0 Å². The van der Waals surface area contributed by atoms with Crippen LogP contribution < -0.4 is 5.32 Å². The minimum Gasteiger partial charge on any atom is -0.335 e. The molecule has 1 unspecified atom stereocenters. The van der Waals surface area contributed by atoms with E-state index < -0.39 is 9.84 Å². The number of rotatable bonds is 4. The summed E-state index contributed by atoms with van der Waals surface area (Å²) in [6, 6.07) is 0.164. The SMILES string of the molecule is Cl.Cl.O=C(CN1CCNCC1)N(C1CCCC1)C1CCS(=O)(=O)C1. The van der Waals surface area contributed by atoms with Crippen LogP contribution in [0, 0.1) is 0 Å². The second-order valence-electron chi connectivity index (χ2n) is 6.82. The van der Waals surface area contributed by atoms with Gasteiger partial charge in [0, 0.05) is 38.3 Å². The fourth-order valence-electron chi connectivity index (χ4n) is 4.02. The molecule has 142 valence electrons. The van der Waals surface area contributed by atoms with Crippen molar-refractivity contribution in [3.8, 4) is 0 Å². The third-order valence-electron chi connectivity index (χ3n) is 5.18. The van der Waals surface area contributed by atoms with E-state index in [-0.39, 0.29) is 54.3 Å². The Morgan fingerprint density at radius 2 is 1.67 bits per heavy atom. The summed E-state index contributed by atoms with van der Waals surface area (Å²) in [4.78, 5) is 17.0. The number of hydrogen-bond acceptors (Lipinski definition) is 5. The molecule has 1 atom stereocenters. The van der Waals surface area contributed by atoms with Crippen molar-refractivity contribution in [3.63, 3.8) is 0 Å². The lowest BCUT2D eigenvalue weighted by Crippen LogP contribution is -2.53. The quantitative estimate of drug-likeness (QED) is 0.750. The standard InChI is InChI=1S/C15H27N3O3S.2ClH/c19-15(11-17-8-6-16-7-9-17)18(13-3-1-2-4-13)14-5-10-22(20,21)12-14;;/h13-14,16H,1-12H2;2*1H. The zero-order valence-corrected chi connectivity index (χ0v) is 16.4. The monoisotopic (exact) mass is 401 g/mol. The van der Waals surface area contributed by atoms with Crippen molar-refractivity contribution in [3.05, 3.63) is 0 Å². The maximum atomic E-state index is 12.9. The summed E-state index contributed by atoms with van der Waals surface area (Å²) in [7, 11) is -2.95. The average molecular weight is 402 g/mol. The van der Waals surface area contributed by atoms with Crippen LogP contribution in [0.1, 0.15) is 32.1 Å². The summed E-state index contributed by atoms with van der Waals surface area (Å²) < 4.78 is 23.6. The molecular weight excluding hydrogens is 373 g/mol. The van der Waals surface area contributed by atoms with Crippen molar-refractivity contribution in [1.82, 2.24) is 15.1 Å². The number of halogens is 2.